The van der Waals surface area contributed by atoms with E-state index in [2.05, 4.69) is 32.2 Å². The van der Waals surface area contributed by atoms with E-state index in [-0.39, 0.29) is 11.7 Å². The largest absolute Gasteiger partial charge is 0.423 e. The summed E-state index contributed by atoms with van der Waals surface area (Å²) in [5.74, 6) is 0.395. The second kappa shape index (κ2) is 7.65. The van der Waals surface area contributed by atoms with Crippen LogP contribution in [-0.2, 0) is 6.54 Å². The lowest BCUT2D eigenvalue weighted by atomic mass is 9.95. The van der Waals surface area contributed by atoms with Gasteiger partial charge in [-0.1, -0.05) is 37.6 Å². The summed E-state index contributed by atoms with van der Waals surface area (Å²) >= 11 is 6.01. The Bertz CT molecular complexity index is 974. The van der Waals surface area contributed by atoms with Gasteiger partial charge in [0.2, 0.25) is 0 Å². The standard InChI is InChI=1S/C22H24ClNO2/c1-13(2)22(16-5-7-18(23)8-6-16)24-12-17-11-21(25)26-20-10-15(4)14(3)9-19(17)20/h5-11,13,22,24H,12H2,1-4H3. The van der Waals surface area contributed by atoms with Crippen molar-refractivity contribution in [3.8, 4) is 0 Å². The molecule has 3 aromatic rings. The Kier molecular flexibility index (Phi) is 5.49. The fourth-order valence-corrected chi connectivity index (χ4v) is 3.38. The maximum Gasteiger partial charge on any atom is 0.336 e. The first-order valence-corrected chi connectivity index (χ1v) is 9.26. The normalized spacial score (nSPS) is 12.7. The van der Waals surface area contributed by atoms with E-state index in [1.165, 1.54) is 11.1 Å². The molecule has 4 heteroatoms. The van der Waals surface area contributed by atoms with Crippen LogP contribution in [0.15, 0.2) is 51.7 Å². The number of aryl methyl sites for hydroxylation is 2. The SMILES string of the molecule is Cc1cc2oc(=O)cc(CNC(c3ccc(Cl)cc3)C(C)C)c2cc1C. The average molecular weight is 370 g/mol. The molecule has 1 atom stereocenters. The maximum absolute atomic E-state index is 12.0. The second-order valence-electron chi connectivity index (χ2n) is 7.18. The number of hydrogen-bond acceptors (Lipinski definition) is 3. The van der Waals surface area contributed by atoms with E-state index in [1.54, 1.807) is 6.07 Å². The molecule has 3 nitrogen and oxygen atoms in total. The third-order valence-electron chi connectivity index (χ3n) is 4.85. The molecule has 1 N–H and O–H groups in total. The van der Waals surface area contributed by atoms with E-state index < -0.39 is 0 Å². The smallest absolute Gasteiger partial charge is 0.336 e. The molecule has 0 amide bonds. The van der Waals surface area contributed by atoms with Crippen molar-refractivity contribution in [1.29, 1.82) is 0 Å². The summed E-state index contributed by atoms with van der Waals surface area (Å²) in [4.78, 5) is 12.0. The van der Waals surface area contributed by atoms with Crippen LogP contribution < -0.4 is 10.9 Å². The molecule has 26 heavy (non-hydrogen) atoms. The van der Waals surface area contributed by atoms with Crippen molar-refractivity contribution >= 4 is 22.6 Å². The van der Waals surface area contributed by atoms with Crippen molar-refractivity contribution < 1.29 is 4.42 Å². The molecule has 1 heterocycles. The van der Waals surface area contributed by atoms with Gasteiger partial charge in [0.25, 0.3) is 0 Å². The Labute approximate surface area is 159 Å². The van der Waals surface area contributed by atoms with E-state index in [1.807, 2.05) is 37.3 Å². The van der Waals surface area contributed by atoms with Crippen molar-refractivity contribution in [1.82, 2.24) is 5.32 Å². The number of nitrogens with one attached hydrogen (secondary N) is 1. The topological polar surface area (TPSA) is 42.2 Å². The first-order chi connectivity index (χ1) is 12.3. The monoisotopic (exact) mass is 369 g/mol. The zero-order valence-corrected chi connectivity index (χ0v) is 16.4. The number of hydrogen-bond donors (Lipinski definition) is 1. The summed E-state index contributed by atoms with van der Waals surface area (Å²) in [5, 5.41) is 5.32. The molecular formula is C22H24ClNO2. The maximum atomic E-state index is 12.0. The Morgan fingerprint density at radius 3 is 2.35 bits per heavy atom. The van der Waals surface area contributed by atoms with E-state index in [9.17, 15) is 4.79 Å². The fraction of sp³-hybridized carbons (Fsp3) is 0.318. The zero-order valence-electron chi connectivity index (χ0n) is 15.6. The highest BCUT2D eigenvalue weighted by Gasteiger charge is 2.16. The Hall–Kier alpha value is -2.10. The van der Waals surface area contributed by atoms with E-state index >= 15 is 0 Å². The number of benzene rings is 2. The highest BCUT2D eigenvalue weighted by atomic mass is 35.5. The van der Waals surface area contributed by atoms with Gasteiger partial charge in [0.1, 0.15) is 5.58 Å². The molecule has 1 unspecified atom stereocenters. The molecule has 0 aliphatic rings. The molecule has 0 spiro atoms. The zero-order chi connectivity index (χ0) is 18.8. The minimum Gasteiger partial charge on any atom is -0.423 e. The lowest BCUT2D eigenvalue weighted by Crippen LogP contribution is -2.25. The lowest BCUT2D eigenvalue weighted by Gasteiger charge is -2.23. The molecular weight excluding hydrogens is 346 g/mol. The molecule has 3 rings (SSSR count). The molecule has 0 radical (unpaired) electrons. The summed E-state index contributed by atoms with van der Waals surface area (Å²) in [6, 6.07) is 13.7. The van der Waals surface area contributed by atoms with Gasteiger partial charge in [0.15, 0.2) is 0 Å². The van der Waals surface area contributed by atoms with Gasteiger partial charge in [0.05, 0.1) is 0 Å². The van der Waals surface area contributed by atoms with Gasteiger partial charge in [-0.2, -0.15) is 0 Å². The molecule has 0 aliphatic heterocycles. The van der Waals surface area contributed by atoms with Crippen LogP contribution in [0.4, 0.5) is 0 Å². The number of fused-ring (bicyclic) bond motifs is 1. The third-order valence-corrected chi connectivity index (χ3v) is 5.10. The van der Waals surface area contributed by atoms with Crippen LogP contribution in [0.3, 0.4) is 0 Å². The summed E-state index contributed by atoms with van der Waals surface area (Å²) in [6.45, 7) is 9.04. The van der Waals surface area contributed by atoms with Crippen molar-refractivity contribution in [2.75, 3.05) is 0 Å². The van der Waals surface area contributed by atoms with Crippen LogP contribution in [-0.4, -0.2) is 0 Å². The van der Waals surface area contributed by atoms with Gasteiger partial charge < -0.3 is 9.73 Å². The van der Waals surface area contributed by atoms with Crippen LogP contribution in [0.2, 0.25) is 5.02 Å². The van der Waals surface area contributed by atoms with Crippen molar-refractivity contribution in [2.45, 2.75) is 40.3 Å². The van der Waals surface area contributed by atoms with Gasteiger partial charge >= 0.3 is 5.63 Å². The van der Waals surface area contributed by atoms with Gasteiger partial charge in [-0.25, -0.2) is 4.79 Å². The van der Waals surface area contributed by atoms with Crippen LogP contribution in [0.1, 0.15) is 42.1 Å². The summed E-state index contributed by atoms with van der Waals surface area (Å²) in [6.07, 6.45) is 0. The Morgan fingerprint density at radius 1 is 1.04 bits per heavy atom. The van der Waals surface area contributed by atoms with E-state index in [0.29, 0.717) is 18.0 Å². The summed E-state index contributed by atoms with van der Waals surface area (Å²) in [5.41, 5.74) is 4.77. The highest BCUT2D eigenvalue weighted by molar-refractivity contribution is 6.30. The van der Waals surface area contributed by atoms with Crippen LogP contribution in [0.25, 0.3) is 11.0 Å². The van der Waals surface area contributed by atoms with Crippen molar-refractivity contribution in [3.05, 3.63) is 80.2 Å². The van der Waals surface area contributed by atoms with E-state index in [0.717, 1.165) is 21.5 Å². The number of halogens is 1. The first-order valence-electron chi connectivity index (χ1n) is 8.88. The predicted octanol–water partition coefficient (Wildman–Crippen LogP) is 5.55. The van der Waals surface area contributed by atoms with Crippen LogP contribution in [0.5, 0.6) is 0 Å². The molecule has 0 bridgehead atoms. The van der Waals surface area contributed by atoms with Crippen LogP contribution in [0, 0.1) is 19.8 Å². The Balaban J connectivity index is 1.93. The quantitative estimate of drug-likeness (QED) is 0.599. The summed E-state index contributed by atoms with van der Waals surface area (Å²) < 4.78 is 5.39. The predicted molar refractivity (Wildman–Crippen MR) is 108 cm³/mol. The second-order valence-corrected chi connectivity index (χ2v) is 7.61. The third kappa shape index (κ3) is 4.00. The molecule has 0 aliphatic carbocycles. The van der Waals surface area contributed by atoms with E-state index in [4.69, 9.17) is 16.0 Å². The van der Waals surface area contributed by atoms with Gasteiger partial charge in [-0.05, 0) is 66.3 Å². The minimum absolute atomic E-state index is 0.168. The average Bonchev–Trinajstić information content (AvgIpc) is 2.58. The van der Waals surface area contributed by atoms with Gasteiger partial charge in [0, 0.05) is 29.1 Å². The van der Waals surface area contributed by atoms with Gasteiger partial charge in [-0.15, -0.1) is 0 Å². The van der Waals surface area contributed by atoms with Gasteiger partial charge in [-0.3, -0.25) is 0 Å². The molecule has 2 aromatic carbocycles. The highest BCUT2D eigenvalue weighted by Crippen LogP contribution is 2.26. The molecule has 0 saturated carbocycles. The van der Waals surface area contributed by atoms with Crippen LogP contribution >= 0.6 is 11.6 Å². The first kappa shape index (κ1) is 18.7. The minimum atomic E-state index is -0.315. The molecule has 136 valence electrons. The van der Waals surface area contributed by atoms with Crippen molar-refractivity contribution in [3.63, 3.8) is 0 Å². The van der Waals surface area contributed by atoms with Crippen molar-refractivity contribution in [2.24, 2.45) is 5.92 Å². The Morgan fingerprint density at radius 2 is 1.69 bits per heavy atom. The molecule has 0 saturated heterocycles. The fourth-order valence-electron chi connectivity index (χ4n) is 3.26. The number of rotatable bonds is 5. The lowest BCUT2D eigenvalue weighted by molar-refractivity contribution is 0.410. The molecule has 1 aromatic heterocycles. The summed E-state index contributed by atoms with van der Waals surface area (Å²) in [7, 11) is 0. The molecule has 0 fully saturated rings.